The SMILES string of the molecule is CSCC(C)CNC(=O)C1(C(F)(F)F)CCNC1. The van der Waals surface area contributed by atoms with Gasteiger partial charge in [0, 0.05) is 13.1 Å². The second-order valence-corrected chi connectivity index (χ2v) is 5.69. The molecule has 18 heavy (non-hydrogen) atoms. The molecule has 0 aromatic heterocycles. The van der Waals surface area contributed by atoms with Crippen molar-refractivity contribution in [2.75, 3.05) is 31.6 Å². The maximum atomic E-state index is 13.0. The number of alkyl halides is 3. The molecule has 2 atom stereocenters. The summed E-state index contributed by atoms with van der Waals surface area (Å²) in [6.07, 6.45) is -2.75. The molecule has 7 heteroatoms. The molecule has 3 nitrogen and oxygen atoms in total. The molecule has 0 spiro atoms. The first kappa shape index (κ1) is 15.6. The molecule has 0 radical (unpaired) electrons. The quantitative estimate of drug-likeness (QED) is 0.806. The Morgan fingerprint density at radius 2 is 2.22 bits per heavy atom. The molecule has 0 aromatic carbocycles. The highest BCUT2D eigenvalue weighted by Gasteiger charge is 2.61. The van der Waals surface area contributed by atoms with Crippen LogP contribution < -0.4 is 10.6 Å². The Labute approximate surface area is 109 Å². The van der Waals surface area contributed by atoms with Crippen molar-refractivity contribution in [2.24, 2.45) is 11.3 Å². The number of thioether (sulfide) groups is 1. The minimum absolute atomic E-state index is 0.170. The molecule has 1 saturated heterocycles. The summed E-state index contributed by atoms with van der Waals surface area (Å²) in [6.45, 7) is 2.11. The van der Waals surface area contributed by atoms with Gasteiger partial charge in [-0.3, -0.25) is 4.79 Å². The number of hydrogen-bond donors (Lipinski definition) is 2. The molecular formula is C11H19F3N2OS. The predicted octanol–water partition coefficient (Wildman–Crippen LogP) is 1.64. The number of nitrogens with one attached hydrogen (secondary N) is 2. The summed E-state index contributed by atoms with van der Waals surface area (Å²) < 4.78 is 39.1. The number of halogens is 3. The second-order valence-electron chi connectivity index (χ2n) is 4.78. The van der Waals surface area contributed by atoms with Crippen LogP contribution in [0.4, 0.5) is 13.2 Å². The van der Waals surface area contributed by atoms with E-state index in [1.54, 1.807) is 11.8 Å². The van der Waals surface area contributed by atoms with Crippen molar-refractivity contribution < 1.29 is 18.0 Å². The Bertz CT molecular complexity index is 291. The van der Waals surface area contributed by atoms with Gasteiger partial charge in [-0.25, -0.2) is 0 Å². The van der Waals surface area contributed by atoms with Gasteiger partial charge in [0.15, 0.2) is 5.41 Å². The van der Waals surface area contributed by atoms with Crippen LogP contribution in [0, 0.1) is 11.3 Å². The van der Waals surface area contributed by atoms with Gasteiger partial charge >= 0.3 is 6.18 Å². The van der Waals surface area contributed by atoms with E-state index in [4.69, 9.17) is 0 Å². The van der Waals surface area contributed by atoms with E-state index in [1.807, 2.05) is 13.2 Å². The van der Waals surface area contributed by atoms with Crippen molar-refractivity contribution in [1.82, 2.24) is 10.6 Å². The van der Waals surface area contributed by atoms with Crippen LogP contribution in [0.5, 0.6) is 0 Å². The van der Waals surface area contributed by atoms with E-state index in [1.165, 1.54) is 0 Å². The third-order valence-corrected chi connectivity index (χ3v) is 4.10. The Morgan fingerprint density at radius 3 is 2.67 bits per heavy atom. The molecule has 1 amide bonds. The van der Waals surface area contributed by atoms with Gasteiger partial charge in [0.1, 0.15) is 0 Å². The Morgan fingerprint density at radius 1 is 1.56 bits per heavy atom. The van der Waals surface area contributed by atoms with Crippen LogP contribution in [0.15, 0.2) is 0 Å². The van der Waals surface area contributed by atoms with Crippen molar-refractivity contribution in [3.8, 4) is 0 Å². The Kier molecular flexibility index (Phi) is 5.33. The summed E-state index contributed by atoms with van der Waals surface area (Å²) in [5, 5.41) is 5.07. The number of carbonyl (C=O) groups is 1. The molecule has 0 aliphatic carbocycles. The first-order valence-corrected chi connectivity index (χ1v) is 7.27. The van der Waals surface area contributed by atoms with Crippen molar-refractivity contribution in [1.29, 1.82) is 0 Å². The van der Waals surface area contributed by atoms with E-state index in [0.717, 1.165) is 5.75 Å². The molecule has 0 bridgehead atoms. The standard InChI is InChI=1S/C11H19F3N2OS/c1-8(6-18-2)5-16-9(17)10(11(12,13)14)3-4-15-7-10/h8,15H,3-7H2,1-2H3,(H,16,17). The van der Waals surface area contributed by atoms with Crippen LogP contribution in [0.3, 0.4) is 0 Å². The fraction of sp³-hybridized carbons (Fsp3) is 0.909. The van der Waals surface area contributed by atoms with Crippen LogP contribution in [0.2, 0.25) is 0 Å². The zero-order chi connectivity index (χ0) is 13.8. The van der Waals surface area contributed by atoms with Crippen LogP contribution in [-0.2, 0) is 4.79 Å². The van der Waals surface area contributed by atoms with Crippen molar-refractivity contribution in [3.05, 3.63) is 0 Å². The van der Waals surface area contributed by atoms with Crippen LogP contribution in [0.1, 0.15) is 13.3 Å². The van der Waals surface area contributed by atoms with E-state index in [9.17, 15) is 18.0 Å². The highest BCUT2D eigenvalue weighted by molar-refractivity contribution is 7.98. The predicted molar refractivity (Wildman–Crippen MR) is 66.5 cm³/mol. The van der Waals surface area contributed by atoms with Gasteiger partial charge in [0.2, 0.25) is 5.91 Å². The Balaban J connectivity index is 2.62. The lowest BCUT2D eigenvalue weighted by atomic mass is 9.85. The summed E-state index contributed by atoms with van der Waals surface area (Å²) in [7, 11) is 0. The maximum absolute atomic E-state index is 13.0. The number of amides is 1. The van der Waals surface area contributed by atoms with Gasteiger partial charge in [0.25, 0.3) is 0 Å². The second kappa shape index (κ2) is 6.14. The molecule has 0 aromatic rings. The maximum Gasteiger partial charge on any atom is 0.404 e. The minimum Gasteiger partial charge on any atom is -0.355 e. The highest BCUT2D eigenvalue weighted by atomic mass is 32.2. The molecule has 1 aliphatic heterocycles. The Hall–Kier alpha value is -0.430. The molecule has 2 N–H and O–H groups in total. The van der Waals surface area contributed by atoms with Gasteiger partial charge in [-0.2, -0.15) is 24.9 Å². The average molecular weight is 284 g/mol. The highest BCUT2D eigenvalue weighted by Crippen LogP contribution is 2.43. The van der Waals surface area contributed by atoms with Gasteiger partial charge in [-0.1, -0.05) is 6.92 Å². The third-order valence-electron chi connectivity index (χ3n) is 3.19. The van der Waals surface area contributed by atoms with E-state index < -0.39 is 17.5 Å². The first-order chi connectivity index (χ1) is 8.33. The van der Waals surface area contributed by atoms with Gasteiger partial charge in [0.05, 0.1) is 0 Å². The third kappa shape index (κ3) is 3.32. The normalized spacial score (nSPS) is 26.1. The molecule has 1 rings (SSSR count). The zero-order valence-electron chi connectivity index (χ0n) is 10.6. The number of carbonyl (C=O) groups excluding carboxylic acids is 1. The summed E-state index contributed by atoms with van der Waals surface area (Å²) in [5.41, 5.74) is -2.24. The van der Waals surface area contributed by atoms with E-state index in [0.29, 0.717) is 0 Å². The first-order valence-electron chi connectivity index (χ1n) is 5.88. The van der Waals surface area contributed by atoms with Crippen molar-refractivity contribution in [3.63, 3.8) is 0 Å². The van der Waals surface area contributed by atoms with Gasteiger partial charge < -0.3 is 10.6 Å². The van der Waals surface area contributed by atoms with Gasteiger partial charge in [-0.15, -0.1) is 0 Å². The molecular weight excluding hydrogens is 265 g/mol. The zero-order valence-corrected chi connectivity index (χ0v) is 11.4. The summed E-state index contributed by atoms with van der Waals surface area (Å²) >= 11 is 1.61. The fourth-order valence-corrected chi connectivity index (χ4v) is 2.72. The van der Waals surface area contributed by atoms with Crippen LogP contribution >= 0.6 is 11.8 Å². The van der Waals surface area contributed by atoms with Crippen LogP contribution in [0.25, 0.3) is 0 Å². The molecule has 1 aliphatic rings. The number of rotatable bonds is 5. The average Bonchev–Trinajstić information content (AvgIpc) is 2.75. The lowest BCUT2D eigenvalue weighted by molar-refractivity contribution is -0.216. The van der Waals surface area contributed by atoms with Crippen molar-refractivity contribution >= 4 is 17.7 Å². The van der Waals surface area contributed by atoms with Crippen LogP contribution in [-0.4, -0.2) is 43.7 Å². The molecule has 106 valence electrons. The molecule has 2 unspecified atom stereocenters. The number of hydrogen-bond acceptors (Lipinski definition) is 3. The monoisotopic (exact) mass is 284 g/mol. The van der Waals surface area contributed by atoms with Crippen molar-refractivity contribution in [2.45, 2.75) is 19.5 Å². The van der Waals surface area contributed by atoms with E-state index >= 15 is 0 Å². The smallest absolute Gasteiger partial charge is 0.355 e. The summed E-state index contributed by atoms with van der Waals surface area (Å²) in [4.78, 5) is 11.8. The summed E-state index contributed by atoms with van der Waals surface area (Å²) in [6, 6.07) is 0. The topological polar surface area (TPSA) is 41.1 Å². The summed E-state index contributed by atoms with van der Waals surface area (Å²) in [5.74, 6) is 0.0916. The molecule has 1 fully saturated rings. The molecule has 1 heterocycles. The largest absolute Gasteiger partial charge is 0.404 e. The fourth-order valence-electron chi connectivity index (χ4n) is 2.04. The minimum atomic E-state index is -4.50. The van der Waals surface area contributed by atoms with E-state index in [-0.39, 0.29) is 32.0 Å². The molecule has 0 saturated carbocycles. The van der Waals surface area contributed by atoms with Gasteiger partial charge in [-0.05, 0) is 30.9 Å². The van der Waals surface area contributed by atoms with E-state index in [2.05, 4.69) is 10.6 Å². The lowest BCUT2D eigenvalue weighted by Gasteiger charge is -2.29. The lowest BCUT2D eigenvalue weighted by Crippen LogP contribution is -2.52.